The summed E-state index contributed by atoms with van der Waals surface area (Å²) in [5.41, 5.74) is -1.74. The van der Waals surface area contributed by atoms with Crippen molar-refractivity contribution in [3.8, 4) is 11.5 Å². The van der Waals surface area contributed by atoms with Crippen molar-refractivity contribution >= 4 is 16.9 Å². The Morgan fingerprint density at radius 3 is 1.40 bits per heavy atom. The third kappa shape index (κ3) is 6.04. The highest BCUT2D eigenvalue weighted by molar-refractivity contribution is 5.87. The van der Waals surface area contributed by atoms with Crippen molar-refractivity contribution in [2.75, 3.05) is 36.0 Å². The Labute approximate surface area is 238 Å². The standard InChI is InChI=1S/C32H48N2O6/c1-5-9-17-33(18-10-6-2)23-13-15-25(27(35)21-23)29-30(37)31(38,32(29,39)40)26-16-14-24(22-28(26)36)34(19-11-7-3)20-12-8-4/h13-16,21-22,35-40H,5-12,17-20H2,1-4H3. The topological polar surface area (TPSA) is 128 Å². The summed E-state index contributed by atoms with van der Waals surface area (Å²) in [6.45, 7) is 11.7. The molecule has 3 rings (SSSR count). The molecule has 1 aliphatic carbocycles. The van der Waals surface area contributed by atoms with Crippen molar-refractivity contribution in [3.05, 3.63) is 53.3 Å². The van der Waals surface area contributed by atoms with Crippen molar-refractivity contribution in [1.82, 2.24) is 0 Å². The van der Waals surface area contributed by atoms with Crippen LogP contribution in [-0.4, -0.2) is 62.6 Å². The number of phenols is 2. The van der Waals surface area contributed by atoms with Gasteiger partial charge in [-0.1, -0.05) is 53.4 Å². The van der Waals surface area contributed by atoms with Crippen LogP contribution in [0.1, 0.15) is 90.2 Å². The molecular formula is C32H48N2O6. The molecule has 0 spiro atoms. The molecule has 0 fully saturated rings. The lowest BCUT2D eigenvalue weighted by Gasteiger charge is -2.49. The van der Waals surface area contributed by atoms with Gasteiger partial charge in [-0.15, -0.1) is 0 Å². The molecule has 1 atom stereocenters. The summed E-state index contributed by atoms with van der Waals surface area (Å²) in [5, 5.41) is 66.3. The monoisotopic (exact) mass is 556 g/mol. The fraction of sp³-hybridized carbons (Fsp3) is 0.562. The number of aliphatic hydroxyl groups is 4. The summed E-state index contributed by atoms with van der Waals surface area (Å²) >= 11 is 0. The molecule has 0 bridgehead atoms. The summed E-state index contributed by atoms with van der Waals surface area (Å²) in [6.07, 6.45) is 8.08. The summed E-state index contributed by atoms with van der Waals surface area (Å²) in [4.78, 5) is 4.33. The zero-order valence-corrected chi connectivity index (χ0v) is 24.5. The van der Waals surface area contributed by atoms with E-state index in [0.717, 1.165) is 88.9 Å². The fourth-order valence-corrected chi connectivity index (χ4v) is 5.35. The maximum Gasteiger partial charge on any atom is 0.236 e. The molecule has 0 heterocycles. The van der Waals surface area contributed by atoms with Gasteiger partial charge in [0.15, 0.2) is 0 Å². The first-order chi connectivity index (χ1) is 19.1. The zero-order chi connectivity index (χ0) is 29.5. The average molecular weight is 557 g/mol. The van der Waals surface area contributed by atoms with E-state index in [4.69, 9.17) is 0 Å². The van der Waals surface area contributed by atoms with Crippen molar-refractivity contribution in [3.63, 3.8) is 0 Å². The van der Waals surface area contributed by atoms with Crippen molar-refractivity contribution in [2.24, 2.45) is 0 Å². The number of rotatable bonds is 16. The van der Waals surface area contributed by atoms with Crippen molar-refractivity contribution in [2.45, 2.75) is 90.4 Å². The first kappa shape index (κ1) is 31.6. The van der Waals surface area contributed by atoms with Gasteiger partial charge in [-0.25, -0.2) is 0 Å². The molecule has 0 aromatic heterocycles. The largest absolute Gasteiger partial charge is 0.508 e. The zero-order valence-electron chi connectivity index (χ0n) is 24.5. The van der Waals surface area contributed by atoms with Crippen LogP contribution in [0.2, 0.25) is 0 Å². The molecule has 0 aliphatic heterocycles. The lowest BCUT2D eigenvalue weighted by atomic mass is 9.66. The normalized spacial score (nSPS) is 18.1. The van der Waals surface area contributed by atoms with E-state index < -0.39 is 22.7 Å². The summed E-state index contributed by atoms with van der Waals surface area (Å²) < 4.78 is 0. The molecular weight excluding hydrogens is 508 g/mol. The first-order valence-corrected chi connectivity index (χ1v) is 14.9. The summed E-state index contributed by atoms with van der Waals surface area (Å²) in [7, 11) is 0. The number of phenolic OH excluding ortho intramolecular Hbond substituents is 2. The molecule has 40 heavy (non-hydrogen) atoms. The summed E-state index contributed by atoms with van der Waals surface area (Å²) in [6, 6.07) is 9.42. The Morgan fingerprint density at radius 1 is 0.600 bits per heavy atom. The van der Waals surface area contributed by atoms with E-state index in [1.807, 2.05) is 0 Å². The van der Waals surface area contributed by atoms with E-state index >= 15 is 0 Å². The van der Waals surface area contributed by atoms with Gasteiger partial charge in [-0.05, 0) is 49.9 Å². The van der Waals surface area contributed by atoms with Crippen LogP contribution in [-0.2, 0) is 5.60 Å². The first-order valence-electron chi connectivity index (χ1n) is 14.9. The highest BCUT2D eigenvalue weighted by Gasteiger charge is 2.67. The average Bonchev–Trinajstić information content (AvgIpc) is 2.93. The second-order valence-corrected chi connectivity index (χ2v) is 10.9. The van der Waals surface area contributed by atoms with E-state index in [0.29, 0.717) is 0 Å². The van der Waals surface area contributed by atoms with Gasteiger partial charge in [0.05, 0.1) is 5.57 Å². The van der Waals surface area contributed by atoms with Gasteiger partial charge in [0.25, 0.3) is 0 Å². The Balaban J connectivity index is 1.95. The second-order valence-electron chi connectivity index (χ2n) is 10.9. The minimum atomic E-state index is -2.96. The molecule has 0 saturated carbocycles. The predicted molar refractivity (Wildman–Crippen MR) is 161 cm³/mol. The van der Waals surface area contributed by atoms with E-state index in [1.54, 1.807) is 18.2 Å². The molecule has 0 amide bonds. The van der Waals surface area contributed by atoms with Gasteiger partial charge in [-0.2, -0.15) is 0 Å². The Bertz CT molecular complexity index is 1150. The molecule has 1 unspecified atom stereocenters. The molecule has 0 saturated heterocycles. The quantitative estimate of drug-likeness (QED) is 0.144. The molecule has 1 aliphatic rings. The molecule has 6 N–H and O–H groups in total. The fourth-order valence-electron chi connectivity index (χ4n) is 5.35. The molecule has 8 heteroatoms. The molecule has 2 aromatic rings. The van der Waals surface area contributed by atoms with Crippen molar-refractivity contribution in [1.29, 1.82) is 0 Å². The van der Waals surface area contributed by atoms with Crippen LogP contribution in [0, 0.1) is 0 Å². The number of hydrogen-bond donors (Lipinski definition) is 6. The second kappa shape index (κ2) is 13.6. The molecule has 8 nitrogen and oxygen atoms in total. The summed E-state index contributed by atoms with van der Waals surface area (Å²) in [5.74, 6) is -4.29. The lowest BCUT2D eigenvalue weighted by molar-refractivity contribution is -0.259. The maximum atomic E-state index is 11.4. The van der Waals surface area contributed by atoms with Crippen LogP contribution in [0.5, 0.6) is 11.5 Å². The third-order valence-corrected chi connectivity index (χ3v) is 7.91. The van der Waals surface area contributed by atoms with Gasteiger partial charge in [0.1, 0.15) is 17.3 Å². The lowest BCUT2D eigenvalue weighted by Crippen LogP contribution is -2.62. The van der Waals surface area contributed by atoms with Gasteiger partial charge < -0.3 is 40.4 Å². The number of hydrogen-bond acceptors (Lipinski definition) is 8. The minimum absolute atomic E-state index is 0.00303. The van der Waals surface area contributed by atoms with Gasteiger partial charge in [-0.3, -0.25) is 0 Å². The number of nitrogens with zero attached hydrogens (tertiary/aromatic N) is 2. The van der Waals surface area contributed by atoms with Crippen LogP contribution in [0.15, 0.2) is 42.2 Å². The smallest absolute Gasteiger partial charge is 0.236 e. The van der Waals surface area contributed by atoms with E-state index in [9.17, 15) is 30.6 Å². The minimum Gasteiger partial charge on any atom is -0.508 e. The van der Waals surface area contributed by atoms with Gasteiger partial charge >= 0.3 is 0 Å². The molecule has 2 aromatic carbocycles. The number of unbranched alkanes of at least 4 members (excludes halogenated alkanes) is 4. The Hall–Kier alpha value is -2.94. The van der Waals surface area contributed by atoms with Gasteiger partial charge in [0, 0.05) is 60.8 Å². The Kier molecular flexibility index (Phi) is 10.8. The molecule has 0 radical (unpaired) electrons. The van der Waals surface area contributed by atoms with Crippen LogP contribution in [0.25, 0.3) is 5.57 Å². The number of aliphatic hydroxyl groups excluding tert-OH is 1. The van der Waals surface area contributed by atoms with Crippen LogP contribution in [0.4, 0.5) is 11.4 Å². The Morgan fingerprint density at radius 2 is 1.02 bits per heavy atom. The van der Waals surface area contributed by atoms with Crippen LogP contribution in [0.3, 0.4) is 0 Å². The van der Waals surface area contributed by atoms with E-state index in [1.165, 1.54) is 18.2 Å². The van der Waals surface area contributed by atoms with Gasteiger partial charge in [0.2, 0.25) is 11.4 Å². The third-order valence-electron chi connectivity index (χ3n) is 7.91. The number of aromatic hydroxyl groups is 2. The van der Waals surface area contributed by atoms with Crippen LogP contribution < -0.4 is 9.80 Å². The van der Waals surface area contributed by atoms with Crippen LogP contribution >= 0.6 is 0 Å². The highest BCUT2D eigenvalue weighted by Crippen LogP contribution is 2.58. The highest BCUT2D eigenvalue weighted by atomic mass is 16.5. The molecule has 222 valence electrons. The SMILES string of the molecule is CCCCN(CCCC)c1ccc(C2=C(O)C(O)(c3ccc(N(CCCC)CCCC)cc3O)C2(O)O)c(O)c1. The van der Waals surface area contributed by atoms with E-state index in [2.05, 4.69) is 37.5 Å². The van der Waals surface area contributed by atoms with E-state index in [-0.39, 0.29) is 22.6 Å². The van der Waals surface area contributed by atoms with Crippen molar-refractivity contribution < 1.29 is 30.6 Å². The number of anilines is 2. The number of benzene rings is 2. The maximum absolute atomic E-state index is 11.4. The predicted octanol–water partition coefficient (Wildman–Crippen LogP) is 5.76.